The number of allylic oxidation sites excluding steroid dienone is 1. The molecule has 0 aromatic carbocycles. The summed E-state index contributed by atoms with van der Waals surface area (Å²) in [5.74, 6) is -1.64. The molecule has 0 saturated heterocycles. The van der Waals surface area contributed by atoms with Gasteiger partial charge in [-0.2, -0.15) is 0 Å². The van der Waals surface area contributed by atoms with Gasteiger partial charge >= 0.3 is 5.97 Å². The van der Waals surface area contributed by atoms with Crippen LogP contribution in [0.25, 0.3) is 0 Å². The van der Waals surface area contributed by atoms with Crippen LogP contribution in [0.1, 0.15) is 30.3 Å². The molecule has 2 aromatic heterocycles. The van der Waals surface area contributed by atoms with E-state index in [1.807, 2.05) is 6.92 Å². The summed E-state index contributed by atoms with van der Waals surface area (Å²) in [4.78, 5) is 48.5. The number of aryl methyl sites for hydroxylation is 1. The van der Waals surface area contributed by atoms with Gasteiger partial charge in [0.1, 0.15) is 11.7 Å². The van der Waals surface area contributed by atoms with Crippen LogP contribution in [0.5, 0.6) is 0 Å². The lowest BCUT2D eigenvalue weighted by Crippen LogP contribution is -2.44. The average Bonchev–Trinajstić information content (AvgIpc) is 3.26. The number of esters is 1. The van der Waals surface area contributed by atoms with E-state index in [9.17, 15) is 19.2 Å². The highest BCUT2D eigenvalue weighted by Gasteiger charge is 2.23. The number of carbonyl (C=O) groups excluding carboxylic acids is 3. The summed E-state index contributed by atoms with van der Waals surface area (Å²) >= 11 is 1.01. The van der Waals surface area contributed by atoms with Crippen molar-refractivity contribution in [3.8, 4) is 0 Å². The number of nitrogens with one attached hydrogen (secondary N) is 2. The molecular formula is C18H21N5O5S. The van der Waals surface area contributed by atoms with Crippen molar-refractivity contribution in [3.05, 3.63) is 51.9 Å². The summed E-state index contributed by atoms with van der Waals surface area (Å²) < 4.78 is 9.58. The minimum absolute atomic E-state index is 0.0888. The van der Waals surface area contributed by atoms with Gasteiger partial charge in [-0.1, -0.05) is 10.6 Å². The van der Waals surface area contributed by atoms with Gasteiger partial charge in [0.05, 0.1) is 7.11 Å². The molecule has 0 aliphatic rings. The molecule has 0 radical (unpaired) electrons. The minimum Gasteiger partial charge on any atom is -0.466 e. The van der Waals surface area contributed by atoms with Crippen molar-refractivity contribution < 1.29 is 19.1 Å². The van der Waals surface area contributed by atoms with E-state index >= 15 is 0 Å². The van der Waals surface area contributed by atoms with Crippen LogP contribution in [-0.2, 0) is 20.9 Å². The van der Waals surface area contributed by atoms with Crippen molar-refractivity contribution in [3.63, 3.8) is 0 Å². The maximum atomic E-state index is 12.7. The fourth-order valence-corrected chi connectivity index (χ4v) is 2.81. The minimum atomic E-state index is -0.957. The normalized spacial score (nSPS) is 11.8. The Morgan fingerprint density at radius 2 is 2.17 bits per heavy atom. The zero-order valence-corrected chi connectivity index (χ0v) is 16.8. The molecule has 0 aliphatic carbocycles. The Balaban J connectivity index is 2.13. The number of rotatable bonds is 9. The molecule has 29 heavy (non-hydrogen) atoms. The first-order valence-electron chi connectivity index (χ1n) is 8.79. The molecule has 0 fully saturated rings. The quantitative estimate of drug-likeness (QED) is 0.457. The third-order valence-electron chi connectivity index (χ3n) is 3.91. The number of carbonyl (C=O) groups is 3. The Morgan fingerprint density at radius 1 is 1.38 bits per heavy atom. The highest BCUT2D eigenvalue weighted by atomic mass is 32.1. The first-order chi connectivity index (χ1) is 14.0. The Bertz CT molecular complexity index is 938. The van der Waals surface area contributed by atoms with Gasteiger partial charge in [-0.3, -0.25) is 14.4 Å². The predicted molar refractivity (Wildman–Crippen MR) is 107 cm³/mol. The van der Waals surface area contributed by atoms with E-state index in [-0.39, 0.29) is 23.4 Å². The van der Waals surface area contributed by atoms with Gasteiger partial charge in [-0.15, -0.1) is 5.10 Å². The van der Waals surface area contributed by atoms with Crippen LogP contribution in [0, 0.1) is 0 Å². The first kappa shape index (κ1) is 22.0. The van der Waals surface area contributed by atoms with Gasteiger partial charge in [-0.05, 0) is 43.4 Å². The summed E-state index contributed by atoms with van der Waals surface area (Å²) in [6.45, 7) is 2.27. The van der Waals surface area contributed by atoms with Crippen molar-refractivity contribution in [1.82, 2.24) is 19.5 Å². The second kappa shape index (κ2) is 10.9. The van der Waals surface area contributed by atoms with Crippen LogP contribution in [-0.4, -0.2) is 45.1 Å². The van der Waals surface area contributed by atoms with Gasteiger partial charge in [0.2, 0.25) is 5.91 Å². The van der Waals surface area contributed by atoms with E-state index in [0.29, 0.717) is 13.0 Å². The average molecular weight is 419 g/mol. The number of methoxy groups -OCH3 is 1. The number of nitrogens with zero attached hydrogens (tertiary/aromatic N) is 3. The molecule has 1 atom stereocenters. The molecule has 154 valence electrons. The summed E-state index contributed by atoms with van der Waals surface area (Å²) in [6.07, 6.45) is 4.89. The van der Waals surface area contributed by atoms with Crippen molar-refractivity contribution in [2.75, 3.05) is 12.4 Å². The highest BCUT2D eigenvalue weighted by molar-refractivity contribution is 7.03. The SMILES string of the molecule is CCn1cccc(NC(=O)C(CC/C=C/C(=O)OC)NC(=O)c2csnn2)c1=O. The summed E-state index contributed by atoms with van der Waals surface area (Å²) in [6, 6.07) is 2.18. The van der Waals surface area contributed by atoms with Gasteiger partial charge in [0.15, 0.2) is 5.69 Å². The van der Waals surface area contributed by atoms with Gasteiger partial charge in [0.25, 0.3) is 11.5 Å². The molecule has 2 aromatic rings. The Kier molecular flexibility index (Phi) is 8.22. The Hall–Kier alpha value is -3.34. The summed E-state index contributed by atoms with van der Waals surface area (Å²) in [5.41, 5.74) is -0.146. The van der Waals surface area contributed by atoms with E-state index in [1.165, 1.54) is 35.3 Å². The van der Waals surface area contributed by atoms with Gasteiger partial charge < -0.3 is 19.9 Å². The van der Waals surface area contributed by atoms with Crippen molar-refractivity contribution in [1.29, 1.82) is 0 Å². The summed E-state index contributed by atoms with van der Waals surface area (Å²) in [7, 11) is 1.26. The molecule has 2 N–H and O–H groups in total. The van der Waals surface area contributed by atoms with E-state index in [1.54, 1.807) is 12.3 Å². The fourth-order valence-electron chi connectivity index (χ4n) is 2.38. The number of hydrogen-bond acceptors (Lipinski definition) is 8. The standard InChI is InChI=1S/C18H21N5O5S/c1-3-23-10-6-8-13(18(23)27)20-16(25)12(7-4-5-9-15(24)28-2)19-17(26)14-11-29-22-21-14/h5-6,8-12H,3-4,7H2,1-2H3,(H,19,26)(H,20,25)/b9-5+. The van der Waals surface area contributed by atoms with E-state index < -0.39 is 23.8 Å². The molecule has 2 rings (SSSR count). The van der Waals surface area contributed by atoms with Crippen molar-refractivity contribution in [2.45, 2.75) is 32.4 Å². The van der Waals surface area contributed by atoms with Crippen molar-refractivity contribution in [2.24, 2.45) is 0 Å². The molecule has 1 unspecified atom stereocenters. The molecule has 0 saturated carbocycles. The molecule has 2 heterocycles. The number of aromatic nitrogens is 3. The number of hydrogen-bond donors (Lipinski definition) is 2. The second-order valence-corrected chi connectivity index (χ2v) is 6.43. The molecule has 2 amide bonds. The summed E-state index contributed by atoms with van der Waals surface area (Å²) in [5, 5.41) is 10.3. The fraction of sp³-hybridized carbons (Fsp3) is 0.333. The Morgan fingerprint density at radius 3 is 2.83 bits per heavy atom. The van der Waals surface area contributed by atoms with E-state index in [0.717, 1.165) is 11.5 Å². The monoisotopic (exact) mass is 419 g/mol. The van der Waals surface area contributed by atoms with Gasteiger partial charge in [-0.25, -0.2) is 4.79 Å². The van der Waals surface area contributed by atoms with Crippen LogP contribution >= 0.6 is 11.5 Å². The third kappa shape index (κ3) is 6.35. The maximum Gasteiger partial charge on any atom is 0.330 e. The molecule has 0 spiro atoms. The van der Waals surface area contributed by atoms with Crippen LogP contribution < -0.4 is 16.2 Å². The van der Waals surface area contributed by atoms with Crippen LogP contribution in [0.4, 0.5) is 5.69 Å². The molecule has 0 aliphatic heterocycles. The lowest BCUT2D eigenvalue weighted by atomic mass is 10.1. The topological polar surface area (TPSA) is 132 Å². The van der Waals surface area contributed by atoms with Gasteiger partial charge in [0, 0.05) is 24.2 Å². The van der Waals surface area contributed by atoms with Crippen LogP contribution in [0.2, 0.25) is 0 Å². The maximum absolute atomic E-state index is 12.7. The smallest absolute Gasteiger partial charge is 0.330 e. The van der Waals surface area contributed by atoms with Crippen LogP contribution in [0.15, 0.2) is 40.7 Å². The molecular weight excluding hydrogens is 398 g/mol. The lowest BCUT2D eigenvalue weighted by molar-refractivity contribution is -0.134. The zero-order valence-electron chi connectivity index (χ0n) is 16.0. The highest BCUT2D eigenvalue weighted by Crippen LogP contribution is 2.07. The largest absolute Gasteiger partial charge is 0.466 e. The molecule has 0 bridgehead atoms. The van der Waals surface area contributed by atoms with Crippen molar-refractivity contribution >= 4 is 35.0 Å². The number of ether oxygens (including phenoxy) is 1. The second-order valence-electron chi connectivity index (χ2n) is 5.82. The van der Waals surface area contributed by atoms with E-state index in [4.69, 9.17) is 0 Å². The number of amides is 2. The predicted octanol–water partition coefficient (Wildman–Crippen LogP) is 0.966. The van der Waals surface area contributed by atoms with Crippen LogP contribution in [0.3, 0.4) is 0 Å². The lowest BCUT2D eigenvalue weighted by Gasteiger charge is -2.17. The Labute approximate surface area is 170 Å². The number of anilines is 1. The third-order valence-corrected chi connectivity index (χ3v) is 4.41. The first-order valence-corrected chi connectivity index (χ1v) is 9.62. The molecule has 11 heteroatoms. The zero-order chi connectivity index (χ0) is 21.2. The number of pyridine rings is 1. The molecule has 10 nitrogen and oxygen atoms in total. The van der Waals surface area contributed by atoms with E-state index in [2.05, 4.69) is 25.0 Å².